The van der Waals surface area contributed by atoms with Crippen LogP contribution in [0.2, 0.25) is 5.02 Å². The number of nitrogens with one attached hydrogen (secondary N) is 2. The fourth-order valence-corrected chi connectivity index (χ4v) is 9.98. The molecule has 3 saturated heterocycles. The molecule has 5 heterocycles. The maximum absolute atomic E-state index is 17.0. The minimum absolute atomic E-state index is 0.0151. The fraction of sp³-hybridized carbons (Fsp3) is 0.514. The van der Waals surface area contributed by atoms with E-state index in [1.165, 1.54) is 31.0 Å². The summed E-state index contributed by atoms with van der Waals surface area (Å²) in [6.07, 6.45) is 5.82. The second-order valence-electron chi connectivity index (χ2n) is 15.0. The van der Waals surface area contributed by atoms with Crippen LogP contribution in [0.1, 0.15) is 63.4 Å². The number of rotatable bonds is 9. The summed E-state index contributed by atoms with van der Waals surface area (Å²) in [5, 5.41) is 16.9. The third-order valence-corrected chi connectivity index (χ3v) is 12.9. The van der Waals surface area contributed by atoms with Crippen LogP contribution < -0.4 is 25.8 Å². The molecule has 4 N–H and O–H groups in total. The molecule has 4 atom stereocenters. The van der Waals surface area contributed by atoms with Crippen LogP contribution in [0.5, 0.6) is 11.9 Å². The molecule has 3 aliphatic heterocycles. The molecule has 0 bridgehead atoms. The van der Waals surface area contributed by atoms with Gasteiger partial charge in [-0.2, -0.15) is 15.2 Å². The lowest BCUT2D eigenvalue weighted by molar-refractivity contribution is -0.121. The monoisotopic (exact) mass is 751 g/mol. The van der Waals surface area contributed by atoms with Crippen LogP contribution in [-0.4, -0.2) is 76.4 Å². The highest BCUT2D eigenvalue weighted by Crippen LogP contribution is 2.46. The van der Waals surface area contributed by atoms with Crippen LogP contribution in [0, 0.1) is 28.9 Å². The number of nitrogen functional groups attached to an aromatic ring is 1. The highest BCUT2D eigenvalue weighted by atomic mass is 35.5. The number of alkyl halides is 1. The van der Waals surface area contributed by atoms with Crippen molar-refractivity contribution in [2.24, 2.45) is 5.92 Å². The van der Waals surface area contributed by atoms with Gasteiger partial charge in [-0.25, -0.2) is 13.2 Å². The zero-order chi connectivity index (χ0) is 35.9. The summed E-state index contributed by atoms with van der Waals surface area (Å²) in [6, 6.07) is 6.22. The molecular formula is C37H37ClF3N7O3S. The number of carbonyl (C=O) groups is 1. The average molecular weight is 752 g/mol. The van der Waals surface area contributed by atoms with Gasteiger partial charge >= 0.3 is 6.01 Å². The Morgan fingerprint density at radius 2 is 2.02 bits per heavy atom. The molecule has 2 aliphatic carbocycles. The summed E-state index contributed by atoms with van der Waals surface area (Å²) >= 11 is 7.73. The fourth-order valence-electron chi connectivity index (χ4n) is 8.73. The van der Waals surface area contributed by atoms with Gasteiger partial charge in [0.15, 0.2) is 5.82 Å². The number of fused-ring (bicyclic) bond motifs is 3. The van der Waals surface area contributed by atoms with Gasteiger partial charge < -0.3 is 20.5 Å². The molecular weight excluding hydrogens is 715 g/mol. The number of benzene rings is 2. The van der Waals surface area contributed by atoms with E-state index in [9.17, 15) is 18.8 Å². The smallest absolute Gasteiger partial charge is 0.320 e. The van der Waals surface area contributed by atoms with Gasteiger partial charge in [-0.3, -0.25) is 15.0 Å². The van der Waals surface area contributed by atoms with E-state index < -0.39 is 23.3 Å². The number of nitriles is 1. The molecule has 2 saturated carbocycles. The number of amides is 1. The van der Waals surface area contributed by atoms with Crippen LogP contribution in [0.25, 0.3) is 32.1 Å². The first-order chi connectivity index (χ1) is 25.1. The van der Waals surface area contributed by atoms with Crippen molar-refractivity contribution in [1.29, 1.82) is 5.26 Å². The summed E-state index contributed by atoms with van der Waals surface area (Å²) in [5.74, 6) is -0.644. The molecule has 2 aromatic carbocycles. The number of aromatic nitrogens is 2. The van der Waals surface area contributed by atoms with E-state index in [-0.39, 0.29) is 90.3 Å². The van der Waals surface area contributed by atoms with Crippen molar-refractivity contribution in [1.82, 2.24) is 25.5 Å². The average Bonchev–Trinajstić information content (AvgIpc) is 4.02. The molecule has 5 fully saturated rings. The number of thiophene rings is 1. The molecule has 0 radical (unpaired) electrons. The number of hydrogen-bond donors (Lipinski definition) is 3. The lowest BCUT2D eigenvalue weighted by Gasteiger charge is -2.31. The van der Waals surface area contributed by atoms with Gasteiger partial charge in [-0.05, 0) is 81.5 Å². The van der Waals surface area contributed by atoms with Gasteiger partial charge in [0.05, 0.1) is 26.2 Å². The third kappa shape index (κ3) is 5.90. The van der Waals surface area contributed by atoms with Crippen molar-refractivity contribution in [3.63, 3.8) is 0 Å². The Kier molecular flexibility index (Phi) is 8.41. The molecule has 0 spiro atoms. The second-order valence-corrected chi connectivity index (χ2v) is 16.4. The number of carbonyl (C=O) groups excluding carboxylic acids is 1. The molecule has 272 valence electrons. The van der Waals surface area contributed by atoms with Crippen LogP contribution in [0.4, 0.5) is 18.2 Å². The summed E-state index contributed by atoms with van der Waals surface area (Å²) in [7, 11) is 0. The van der Waals surface area contributed by atoms with Gasteiger partial charge in [0.1, 0.15) is 47.3 Å². The first kappa shape index (κ1) is 33.9. The predicted octanol–water partition coefficient (Wildman–Crippen LogP) is 6.41. The Hall–Kier alpha value is -3.90. The predicted molar refractivity (Wildman–Crippen MR) is 191 cm³/mol. The lowest BCUT2D eigenvalue weighted by atomic mass is 9.92. The van der Waals surface area contributed by atoms with E-state index in [0.29, 0.717) is 50.6 Å². The van der Waals surface area contributed by atoms with Crippen LogP contribution >= 0.6 is 22.9 Å². The van der Waals surface area contributed by atoms with Crippen molar-refractivity contribution in [3.05, 3.63) is 40.4 Å². The summed E-state index contributed by atoms with van der Waals surface area (Å²) < 4.78 is 59.2. The van der Waals surface area contributed by atoms with Crippen LogP contribution in [-0.2, 0) is 4.79 Å². The molecule has 0 unspecified atom stereocenters. The van der Waals surface area contributed by atoms with Crippen molar-refractivity contribution >= 4 is 54.8 Å². The Balaban J connectivity index is 1.04. The maximum atomic E-state index is 17.0. The molecule has 1 amide bonds. The van der Waals surface area contributed by atoms with Crippen molar-refractivity contribution in [2.75, 3.05) is 25.4 Å². The number of nitrogens with zero attached hydrogens (tertiary/aromatic N) is 4. The molecule has 4 aromatic rings. The third-order valence-electron chi connectivity index (χ3n) is 11.6. The van der Waals surface area contributed by atoms with E-state index in [0.717, 1.165) is 30.7 Å². The molecule has 52 heavy (non-hydrogen) atoms. The molecule has 10 nitrogen and oxygen atoms in total. The number of anilines is 1. The van der Waals surface area contributed by atoms with E-state index in [2.05, 4.69) is 25.5 Å². The van der Waals surface area contributed by atoms with Crippen LogP contribution in [0.3, 0.4) is 0 Å². The van der Waals surface area contributed by atoms with Gasteiger partial charge in [0.2, 0.25) is 11.8 Å². The van der Waals surface area contributed by atoms with E-state index >= 15 is 4.39 Å². The number of hydrogen-bond acceptors (Lipinski definition) is 10. The first-order valence-corrected chi connectivity index (χ1v) is 19.2. The van der Waals surface area contributed by atoms with E-state index in [1.807, 2.05) is 6.07 Å². The quantitative estimate of drug-likeness (QED) is 0.165. The largest absolute Gasteiger partial charge is 0.474 e. The van der Waals surface area contributed by atoms with E-state index in [4.69, 9.17) is 26.8 Å². The summed E-state index contributed by atoms with van der Waals surface area (Å²) in [4.78, 5) is 24.0. The standard InChI is InChI=1S/C37H37ClF3N7O3S/c38-24-12-22-30(28(41)27(24)21-8-9-25(40)32-26(21)23(14-42)33(43)52-32)46-36(50-16-37-10-1-11-48(37)15-18(39)13-37)47-35(22)51-20-6-4-19(5-7-20)44-34(49)31-29(45-31)17-2-3-17/h8-9,12,17-20,29,31,45H,1-7,10-11,13,15-16,43H2,(H,44,49)/t18-,19-,20-,29+,31-,37+/m1/s1. The maximum Gasteiger partial charge on any atom is 0.320 e. The normalized spacial score (nSPS) is 28.6. The highest BCUT2D eigenvalue weighted by Gasteiger charge is 2.51. The lowest BCUT2D eigenvalue weighted by Crippen LogP contribution is -2.43. The molecule has 15 heteroatoms. The van der Waals surface area contributed by atoms with E-state index in [1.54, 1.807) is 0 Å². The van der Waals surface area contributed by atoms with Crippen molar-refractivity contribution in [2.45, 2.75) is 93.7 Å². The topological polar surface area (TPSA) is 148 Å². The van der Waals surface area contributed by atoms with Gasteiger partial charge in [-0.1, -0.05) is 17.7 Å². The molecule has 5 aliphatic rings. The molecule has 9 rings (SSSR count). The van der Waals surface area contributed by atoms with Crippen molar-refractivity contribution < 1.29 is 27.4 Å². The zero-order valence-electron chi connectivity index (χ0n) is 28.2. The summed E-state index contributed by atoms with van der Waals surface area (Å²) in [6.45, 7) is 1.25. The van der Waals surface area contributed by atoms with Crippen LogP contribution in [0.15, 0.2) is 18.2 Å². The SMILES string of the molecule is N#Cc1c(N)sc2c(F)ccc(-c3c(Cl)cc4c(O[C@H]5CC[C@H](NC(=O)[C@@H]6N[C@H]6C6CC6)CC5)nc(OC[C@@]56CCCN5C[C@H](F)C6)nc4c3F)c12. The number of ether oxygens (including phenoxy) is 2. The number of nitrogens with two attached hydrogens (primary N) is 1. The number of halogens is 4. The Morgan fingerprint density at radius 3 is 2.79 bits per heavy atom. The van der Waals surface area contributed by atoms with Gasteiger partial charge in [-0.15, -0.1) is 11.3 Å². The van der Waals surface area contributed by atoms with Crippen molar-refractivity contribution in [3.8, 4) is 29.1 Å². The minimum atomic E-state index is -0.959. The minimum Gasteiger partial charge on any atom is -0.474 e. The van der Waals surface area contributed by atoms with Gasteiger partial charge in [0.25, 0.3) is 0 Å². The summed E-state index contributed by atoms with van der Waals surface area (Å²) in [5.41, 5.74) is 5.60. The Labute approximate surface area is 306 Å². The Bertz CT molecular complexity index is 2150. The first-order valence-electron chi connectivity index (χ1n) is 18.0. The van der Waals surface area contributed by atoms with Gasteiger partial charge in [0, 0.05) is 36.0 Å². The Morgan fingerprint density at radius 1 is 1.21 bits per heavy atom. The second kappa shape index (κ2) is 12.9. The highest BCUT2D eigenvalue weighted by molar-refractivity contribution is 7.23. The zero-order valence-corrected chi connectivity index (χ0v) is 29.8. The molecule has 2 aromatic heterocycles.